The molecule has 0 radical (unpaired) electrons. The fraction of sp³-hybridized carbons (Fsp3) is 0.357. The van der Waals surface area contributed by atoms with E-state index in [1.807, 2.05) is 0 Å². The third-order valence-electron chi connectivity index (χ3n) is 2.98. The quantitative estimate of drug-likeness (QED) is 0.823. The van der Waals surface area contributed by atoms with Crippen molar-refractivity contribution >= 4 is 27.5 Å². The minimum Gasteiger partial charge on any atom is -0.323 e. The smallest absolute Gasteiger partial charge is 0.228 e. The molecular formula is C14H15BrFNO. The van der Waals surface area contributed by atoms with Crippen molar-refractivity contribution in [3.05, 3.63) is 40.1 Å². The molecule has 1 amide bonds. The van der Waals surface area contributed by atoms with Gasteiger partial charge in [-0.15, -0.1) is 0 Å². The van der Waals surface area contributed by atoms with Crippen LogP contribution in [0.4, 0.5) is 10.1 Å². The second-order valence-electron chi connectivity index (χ2n) is 4.46. The van der Waals surface area contributed by atoms with Gasteiger partial charge in [-0.25, -0.2) is 4.39 Å². The molecule has 0 atom stereocenters. The third kappa shape index (κ3) is 3.67. The van der Waals surface area contributed by atoms with Crippen LogP contribution in [0, 0.1) is 5.82 Å². The zero-order valence-electron chi connectivity index (χ0n) is 10.0. The highest BCUT2D eigenvalue weighted by Crippen LogP contribution is 2.22. The number of hydrogen-bond acceptors (Lipinski definition) is 1. The van der Waals surface area contributed by atoms with Gasteiger partial charge in [0.1, 0.15) is 5.82 Å². The molecule has 4 heteroatoms. The van der Waals surface area contributed by atoms with Crippen LogP contribution in [-0.4, -0.2) is 5.91 Å². The Balaban J connectivity index is 1.96. The van der Waals surface area contributed by atoms with E-state index in [1.54, 1.807) is 12.1 Å². The van der Waals surface area contributed by atoms with Crippen molar-refractivity contribution in [3.63, 3.8) is 0 Å². The van der Waals surface area contributed by atoms with Gasteiger partial charge in [-0.3, -0.25) is 4.79 Å². The third-order valence-corrected chi connectivity index (χ3v) is 3.47. The summed E-state index contributed by atoms with van der Waals surface area (Å²) in [6, 6.07) is 4.61. The highest BCUT2D eigenvalue weighted by atomic mass is 79.9. The number of benzene rings is 1. The Bertz CT molecular complexity index is 485. The lowest BCUT2D eigenvalue weighted by Crippen LogP contribution is -2.14. The maximum absolute atomic E-state index is 13.5. The minimum absolute atomic E-state index is 0.149. The topological polar surface area (TPSA) is 29.1 Å². The molecule has 2 rings (SSSR count). The van der Waals surface area contributed by atoms with E-state index in [4.69, 9.17) is 0 Å². The number of nitrogens with one attached hydrogen (secondary N) is 1. The maximum atomic E-state index is 13.5. The molecule has 1 N–H and O–H groups in total. The van der Waals surface area contributed by atoms with Crippen molar-refractivity contribution in [2.75, 3.05) is 5.32 Å². The van der Waals surface area contributed by atoms with Crippen LogP contribution in [0.2, 0.25) is 0 Å². The molecule has 0 unspecified atom stereocenters. The molecule has 1 aliphatic carbocycles. The monoisotopic (exact) mass is 311 g/mol. The van der Waals surface area contributed by atoms with E-state index in [2.05, 4.69) is 27.3 Å². The summed E-state index contributed by atoms with van der Waals surface area (Å²) in [5.74, 6) is -0.570. The number of hydrogen-bond donors (Lipinski definition) is 1. The van der Waals surface area contributed by atoms with Crippen LogP contribution in [-0.2, 0) is 4.79 Å². The summed E-state index contributed by atoms with van der Waals surface area (Å²) < 4.78 is 14.2. The van der Waals surface area contributed by atoms with Gasteiger partial charge in [0, 0.05) is 10.9 Å². The summed E-state index contributed by atoms with van der Waals surface area (Å²) in [6.45, 7) is 0. The average molecular weight is 312 g/mol. The molecule has 18 heavy (non-hydrogen) atoms. The zero-order valence-corrected chi connectivity index (χ0v) is 11.6. The summed E-state index contributed by atoms with van der Waals surface area (Å²) in [6.07, 6.45) is 6.88. The van der Waals surface area contributed by atoms with Gasteiger partial charge in [0.2, 0.25) is 5.91 Å². The van der Waals surface area contributed by atoms with Crippen LogP contribution in [0.25, 0.3) is 0 Å². The molecule has 0 aromatic heterocycles. The Hall–Kier alpha value is -1.16. The van der Waals surface area contributed by atoms with Crippen molar-refractivity contribution in [2.45, 2.75) is 32.1 Å². The predicted molar refractivity (Wildman–Crippen MR) is 73.9 cm³/mol. The first-order valence-electron chi connectivity index (χ1n) is 6.08. The molecule has 0 saturated carbocycles. The van der Waals surface area contributed by atoms with E-state index < -0.39 is 5.82 Å². The van der Waals surface area contributed by atoms with Crippen molar-refractivity contribution in [2.24, 2.45) is 0 Å². The summed E-state index contributed by atoms with van der Waals surface area (Å²) in [5, 5.41) is 2.61. The number of halogens is 2. The molecule has 0 bridgehead atoms. The fourth-order valence-corrected chi connectivity index (χ4v) is 2.39. The molecule has 1 aromatic rings. The van der Waals surface area contributed by atoms with Gasteiger partial charge in [0.05, 0.1) is 5.69 Å². The van der Waals surface area contributed by atoms with Crippen molar-refractivity contribution in [3.8, 4) is 0 Å². The number of carbonyl (C=O) groups is 1. The van der Waals surface area contributed by atoms with E-state index in [9.17, 15) is 9.18 Å². The Kier molecular flexibility index (Phi) is 4.53. The first-order chi connectivity index (χ1) is 8.65. The summed E-state index contributed by atoms with van der Waals surface area (Å²) in [4.78, 5) is 11.8. The summed E-state index contributed by atoms with van der Waals surface area (Å²) >= 11 is 3.18. The SMILES string of the molecule is O=C(CC1=CCCCC1)Nc1ccc(Br)cc1F. The number of carbonyl (C=O) groups excluding carboxylic acids is 1. The second-order valence-corrected chi connectivity index (χ2v) is 5.37. The number of amides is 1. The van der Waals surface area contributed by atoms with E-state index in [0.29, 0.717) is 10.9 Å². The molecular weight excluding hydrogens is 297 g/mol. The van der Waals surface area contributed by atoms with Crippen LogP contribution < -0.4 is 5.32 Å². The fourth-order valence-electron chi connectivity index (χ4n) is 2.06. The maximum Gasteiger partial charge on any atom is 0.228 e. The zero-order chi connectivity index (χ0) is 13.0. The lowest BCUT2D eigenvalue weighted by molar-refractivity contribution is -0.115. The van der Waals surface area contributed by atoms with Gasteiger partial charge in [-0.2, -0.15) is 0 Å². The molecule has 0 spiro atoms. The second kappa shape index (κ2) is 6.14. The van der Waals surface area contributed by atoms with Crippen LogP contribution in [0.5, 0.6) is 0 Å². The molecule has 1 aromatic carbocycles. The standard InChI is InChI=1S/C14H15BrFNO/c15-11-6-7-13(12(16)9-11)17-14(18)8-10-4-2-1-3-5-10/h4,6-7,9H,1-3,5,8H2,(H,17,18). The van der Waals surface area contributed by atoms with Gasteiger partial charge in [-0.05, 0) is 43.9 Å². The molecule has 2 nitrogen and oxygen atoms in total. The number of rotatable bonds is 3. The predicted octanol–water partition coefficient (Wildman–Crippen LogP) is 4.42. The Morgan fingerprint density at radius 1 is 1.39 bits per heavy atom. The van der Waals surface area contributed by atoms with Crippen molar-refractivity contribution < 1.29 is 9.18 Å². The van der Waals surface area contributed by atoms with Gasteiger partial charge in [0.25, 0.3) is 0 Å². The van der Waals surface area contributed by atoms with Crippen LogP contribution in [0.15, 0.2) is 34.3 Å². The highest BCUT2D eigenvalue weighted by Gasteiger charge is 2.11. The van der Waals surface area contributed by atoms with E-state index in [0.717, 1.165) is 24.8 Å². The van der Waals surface area contributed by atoms with Crippen LogP contribution in [0.1, 0.15) is 32.1 Å². The highest BCUT2D eigenvalue weighted by molar-refractivity contribution is 9.10. The van der Waals surface area contributed by atoms with Crippen molar-refractivity contribution in [1.82, 2.24) is 0 Å². The molecule has 0 aliphatic heterocycles. The Morgan fingerprint density at radius 3 is 2.89 bits per heavy atom. The molecule has 96 valence electrons. The normalized spacial score (nSPS) is 15.1. The summed E-state index contributed by atoms with van der Waals surface area (Å²) in [7, 11) is 0. The Labute approximate surface area is 114 Å². The largest absolute Gasteiger partial charge is 0.323 e. The minimum atomic E-state index is -0.421. The van der Waals surface area contributed by atoms with Gasteiger partial charge in [0.15, 0.2) is 0 Å². The van der Waals surface area contributed by atoms with Gasteiger partial charge < -0.3 is 5.32 Å². The molecule has 0 heterocycles. The molecule has 0 fully saturated rings. The average Bonchev–Trinajstić information content (AvgIpc) is 2.34. The van der Waals surface area contributed by atoms with E-state index in [-0.39, 0.29) is 11.6 Å². The Morgan fingerprint density at radius 2 is 2.22 bits per heavy atom. The van der Waals surface area contributed by atoms with Gasteiger partial charge in [-0.1, -0.05) is 27.6 Å². The van der Waals surface area contributed by atoms with Crippen LogP contribution >= 0.6 is 15.9 Å². The molecule has 1 aliphatic rings. The van der Waals surface area contributed by atoms with Gasteiger partial charge >= 0.3 is 0 Å². The molecule has 0 saturated heterocycles. The van der Waals surface area contributed by atoms with E-state index >= 15 is 0 Å². The first-order valence-corrected chi connectivity index (χ1v) is 6.87. The first kappa shape index (κ1) is 13.3. The summed E-state index contributed by atoms with van der Waals surface area (Å²) in [5.41, 5.74) is 1.40. The lowest BCUT2D eigenvalue weighted by atomic mass is 9.97. The number of anilines is 1. The van der Waals surface area contributed by atoms with Crippen LogP contribution in [0.3, 0.4) is 0 Å². The van der Waals surface area contributed by atoms with Crippen molar-refractivity contribution in [1.29, 1.82) is 0 Å². The number of allylic oxidation sites excluding steroid dienone is 1. The van der Waals surface area contributed by atoms with E-state index in [1.165, 1.54) is 12.5 Å². The lowest BCUT2D eigenvalue weighted by Gasteiger charge is -2.12.